The lowest BCUT2D eigenvalue weighted by Crippen LogP contribution is -2.67. The average molecular weight is 476 g/mol. The first-order chi connectivity index (χ1) is 11.1. The smallest absolute Gasteiger partial charge is 0.209 e. The summed E-state index contributed by atoms with van der Waals surface area (Å²) in [6.07, 6.45) is -8.19. The van der Waals surface area contributed by atoms with Crippen LogP contribution in [0.1, 0.15) is 6.92 Å². The van der Waals surface area contributed by atoms with Crippen LogP contribution < -0.4 is 0 Å². The molecule has 0 aromatic heterocycles. The van der Waals surface area contributed by atoms with E-state index < -0.39 is 60.9 Å². The quantitative estimate of drug-likeness (QED) is 0.413. The summed E-state index contributed by atoms with van der Waals surface area (Å²) in [6.45, 7) is -16.5. The molecular formula is C7H10F10O6S3. The standard InChI is InChI=1S/C7H10F10O6S3/c1-3-25(20,21)26(5(10)11,7(15,16)17,22-4(8)9,24(2,18)19)23-6(12,13)14/h4-5H,3H2,1-2H3. The van der Waals surface area contributed by atoms with Gasteiger partial charge in [0.2, 0.25) is 17.7 Å². The lowest BCUT2D eigenvalue weighted by Gasteiger charge is -2.76. The number of halogens is 10. The molecule has 0 fully saturated rings. The fourth-order valence-corrected chi connectivity index (χ4v) is 18.5. The molecule has 0 saturated heterocycles. The molecule has 0 spiro atoms. The summed E-state index contributed by atoms with van der Waals surface area (Å²) in [5, 5.41) is 0. The maximum absolute atomic E-state index is 13.7. The van der Waals surface area contributed by atoms with Crippen LogP contribution in [0.5, 0.6) is 0 Å². The summed E-state index contributed by atoms with van der Waals surface area (Å²) in [7, 11) is -15.0. The molecule has 26 heavy (non-hydrogen) atoms. The third kappa shape index (κ3) is 2.26. The van der Waals surface area contributed by atoms with E-state index in [0.29, 0.717) is 0 Å². The van der Waals surface area contributed by atoms with Crippen molar-refractivity contribution in [3.8, 4) is 0 Å². The third-order valence-corrected chi connectivity index (χ3v) is 24.7. The minimum atomic E-state index is -11.1. The monoisotopic (exact) mass is 476 g/mol. The molecule has 19 heteroatoms. The van der Waals surface area contributed by atoms with Crippen molar-refractivity contribution in [3.63, 3.8) is 0 Å². The predicted octanol–water partition coefficient (Wildman–Crippen LogP) is 3.52. The highest BCUT2D eigenvalue weighted by atomic mass is 33.6. The molecule has 0 atom stereocenters. The summed E-state index contributed by atoms with van der Waals surface area (Å²) in [4.78, 5) is 0. The van der Waals surface area contributed by atoms with Gasteiger partial charge in [-0.05, 0) is 13.8 Å². The van der Waals surface area contributed by atoms with Gasteiger partial charge in [-0.2, -0.15) is 34.9 Å². The molecule has 0 saturated carbocycles. The first-order valence-corrected chi connectivity index (χ1v) is 12.6. The molecule has 0 aliphatic rings. The Labute approximate surface area is 137 Å². The second kappa shape index (κ2) is 5.98. The molecule has 0 rings (SSSR count). The van der Waals surface area contributed by atoms with Crippen LogP contribution in [0.25, 0.3) is 0 Å². The van der Waals surface area contributed by atoms with Gasteiger partial charge in [0.1, 0.15) is 0 Å². The lowest BCUT2D eigenvalue weighted by molar-refractivity contribution is -0.287. The molecule has 0 N–H and O–H groups in total. The summed E-state index contributed by atoms with van der Waals surface area (Å²) in [5.74, 6) is -8.71. The van der Waals surface area contributed by atoms with Crippen molar-refractivity contribution < 1.29 is 69.1 Å². The highest BCUT2D eigenvalue weighted by Crippen LogP contribution is 3.08. The average Bonchev–Trinajstić information content (AvgIpc) is 2.31. The molecular weight excluding hydrogens is 466 g/mol. The highest BCUT2D eigenvalue weighted by molar-refractivity contribution is 9.34. The van der Waals surface area contributed by atoms with Crippen LogP contribution in [0.4, 0.5) is 43.9 Å². The van der Waals surface area contributed by atoms with Gasteiger partial charge in [-0.25, -0.2) is 21.0 Å². The Kier molecular flexibility index (Phi) is 5.86. The maximum atomic E-state index is 13.7. The Morgan fingerprint density at radius 3 is 1.46 bits per heavy atom. The minimum absolute atomic E-state index is 0.00317. The Morgan fingerprint density at radius 2 is 1.31 bits per heavy atom. The van der Waals surface area contributed by atoms with E-state index in [4.69, 9.17) is 0 Å². The summed E-state index contributed by atoms with van der Waals surface area (Å²) in [6, 6.07) is 0. The number of alkyl halides is 10. The molecule has 0 heterocycles. The third-order valence-electron chi connectivity index (χ3n) is 3.11. The predicted molar refractivity (Wildman–Crippen MR) is 68.2 cm³/mol. The molecule has 0 radical (unpaired) electrons. The zero-order valence-electron chi connectivity index (χ0n) is 12.3. The molecule has 0 aromatic carbocycles. The van der Waals surface area contributed by atoms with Crippen LogP contribution >= 0.6 is 6.92 Å². The van der Waals surface area contributed by atoms with E-state index >= 15 is 0 Å². The molecule has 0 bridgehead atoms. The largest absolute Gasteiger partial charge is 0.540 e. The van der Waals surface area contributed by atoms with Crippen LogP contribution in [0.3, 0.4) is 0 Å². The van der Waals surface area contributed by atoms with E-state index in [9.17, 15) is 60.7 Å². The van der Waals surface area contributed by atoms with Gasteiger partial charge in [0, 0.05) is 0 Å². The second-order valence-corrected chi connectivity index (χ2v) is 19.9. The normalized spacial score (nSPS) is 18.1. The summed E-state index contributed by atoms with van der Waals surface area (Å²) in [5.41, 5.74) is -7.82. The molecule has 0 aromatic rings. The van der Waals surface area contributed by atoms with Crippen molar-refractivity contribution in [1.82, 2.24) is 0 Å². The fraction of sp³-hybridized carbons (Fsp3) is 1.00. The van der Waals surface area contributed by atoms with Crippen molar-refractivity contribution in [1.29, 1.82) is 0 Å². The van der Waals surface area contributed by atoms with Crippen molar-refractivity contribution >= 4 is 24.7 Å². The topological polar surface area (TPSA) is 86.7 Å². The second-order valence-electron chi connectivity index (χ2n) is 4.39. The summed E-state index contributed by atoms with van der Waals surface area (Å²) >= 11 is 0. The molecule has 0 amide bonds. The van der Waals surface area contributed by atoms with Gasteiger partial charge in [0.05, 0.1) is 12.0 Å². The van der Waals surface area contributed by atoms with Crippen LogP contribution in [-0.2, 0) is 26.1 Å². The maximum Gasteiger partial charge on any atom is 0.540 e. The van der Waals surface area contributed by atoms with Crippen molar-refractivity contribution in [2.45, 2.75) is 31.2 Å². The van der Waals surface area contributed by atoms with E-state index in [1.165, 1.54) is 0 Å². The van der Waals surface area contributed by atoms with Gasteiger partial charge in [0.15, 0.2) is 0 Å². The highest BCUT2D eigenvalue weighted by Gasteiger charge is 2.96. The van der Waals surface area contributed by atoms with Gasteiger partial charge >= 0.3 is 24.2 Å². The fourth-order valence-electron chi connectivity index (χ4n) is 1.95. The number of rotatable bonds is 7. The van der Waals surface area contributed by atoms with E-state index in [0.717, 1.165) is 0 Å². The summed E-state index contributed by atoms with van der Waals surface area (Å²) < 4.78 is 184. The Balaban J connectivity index is 8.61. The van der Waals surface area contributed by atoms with Crippen molar-refractivity contribution in [2.75, 3.05) is 12.0 Å². The molecule has 0 aliphatic carbocycles. The molecule has 6 nitrogen and oxygen atoms in total. The van der Waals surface area contributed by atoms with Crippen LogP contribution in [0, 0.1) is 0 Å². The van der Waals surface area contributed by atoms with Crippen LogP contribution in [-0.4, -0.2) is 53.1 Å². The zero-order chi connectivity index (χ0) is 21.7. The number of hydrogen-bond acceptors (Lipinski definition) is 6. The van der Waals surface area contributed by atoms with Gasteiger partial charge in [-0.3, -0.25) is 0 Å². The van der Waals surface area contributed by atoms with Gasteiger partial charge in [0.25, 0.3) is 0 Å². The zero-order valence-corrected chi connectivity index (χ0v) is 14.8. The SMILES string of the molecule is CCS(=O)(=O)S(OC(F)F)(OC(F)(F)F)(C(F)F)(C(F)(F)F)S(C)(=O)=O. The Bertz CT molecular complexity index is 772. The minimum Gasteiger partial charge on any atom is -0.209 e. The first-order valence-electron chi connectivity index (χ1n) is 5.62. The van der Waals surface area contributed by atoms with E-state index in [2.05, 4.69) is 8.37 Å². The van der Waals surface area contributed by atoms with Crippen LogP contribution in [0.15, 0.2) is 0 Å². The van der Waals surface area contributed by atoms with Gasteiger partial charge < -0.3 is 0 Å². The van der Waals surface area contributed by atoms with E-state index in [1.54, 1.807) is 0 Å². The molecule has 162 valence electrons. The molecule has 0 unspecified atom stereocenters. The first kappa shape index (κ1) is 25.5. The Morgan fingerprint density at radius 1 is 0.923 bits per heavy atom. The Hall–Kier alpha value is -0.530. The van der Waals surface area contributed by atoms with Crippen molar-refractivity contribution in [3.05, 3.63) is 0 Å². The van der Waals surface area contributed by atoms with Crippen LogP contribution in [0.2, 0.25) is 0 Å². The van der Waals surface area contributed by atoms with E-state index in [1.807, 2.05) is 0 Å². The molecule has 0 aliphatic heterocycles. The lowest BCUT2D eigenvalue weighted by atomic mass is 11.0. The van der Waals surface area contributed by atoms with Gasteiger partial charge in [-0.15, -0.1) is 13.2 Å². The van der Waals surface area contributed by atoms with Crippen molar-refractivity contribution in [2.24, 2.45) is 0 Å². The van der Waals surface area contributed by atoms with E-state index in [-0.39, 0.29) is 6.92 Å². The van der Waals surface area contributed by atoms with Gasteiger partial charge in [-0.1, -0.05) is 0 Å². The number of hydrogen-bond donors (Lipinski definition) is 0.